The first-order valence-corrected chi connectivity index (χ1v) is 5.79. The van der Waals surface area contributed by atoms with Crippen LogP contribution in [0, 0.1) is 17.2 Å². The van der Waals surface area contributed by atoms with Gasteiger partial charge in [0.1, 0.15) is 0 Å². The molecule has 5 heteroatoms. The van der Waals surface area contributed by atoms with Crippen molar-refractivity contribution in [2.45, 2.75) is 25.5 Å². The molecule has 3 N–H and O–H groups in total. The largest absolute Gasteiger partial charge is 0.395 e. The van der Waals surface area contributed by atoms with Gasteiger partial charge >= 0.3 is 0 Å². The lowest BCUT2D eigenvalue weighted by atomic mass is 9.90. The van der Waals surface area contributed by atoms with Crippen LogP contribution in [0.15, 0.2) is 0 Å². The normalized spacial score (nSPS) is 28.6. The van der Waals surface area contributed by atoms with Crippen LogP contribution in [-0.4, -0.2) is 60.0 Å². The van der Waals surface area contributed by atoms with Gasteiger partial charge in [-0.3, -0.25) is 4.90 Å². The first kappa shape index (κ1) is 13.4. The third kappa shape index (κ3) is 4.06. The average molecular weight is 227 g/mol. The van der Waals surface area contributed by atoms with Gasteiger partial charge in [0.15, 0.2) is 0 Å². The summed E-state index contributed by atoms with van der Waals surface area (Å²) in [5, 5.41) is 30.3. The van der Waals surface area contributed by atoms with Gasteiger partial charge in [0.25, 0.3) is 0 Å². The lowest BCUT2D eigenvalue weighted by molar-refractivity contribution is 0.0526. The molecular weight excluding hydrogens is 206 g/mol. The molecule has 1 aliphatic rings. The van der Waals surface area contributed by atoms with Crippen LogP contribution in [0.1, 0.15) is 13.3 Å². The Kier molecular flexibility index (Phi) is 5.71. The van der Waals surface area contributed by atoms with Crippen LogP contribution >= 0.6 is 0 Å². The van der Waals surface area contributed by atoms with E-state index < -0.39 is 0 Å². The molecule has 0 amide bonds. The van der Waals surface area contributed by atoms with Gasteiger partial charge in [-0.05, 0) is 19.3 Å². The number of nitrogens with one attached hydrogen (secondary N) is 1. The van der Waals surface area contributed by atoms with Crippen molar-refractivity contribution in [3.05, 3.63) is 0 Å². The van der Waals surface area contributed by atoms with Crippen LogP contribution < -0.4 is 5.32 Å². The smallest absolute Gasteiger partial charge is 0.0866 e. The van der Waals surface area contributed by atoms with E-state index in [0.29, 0.717) is 13.1 Å². The first-order chi connectivity index (χ1) is 7.67. The summed E-state index contributed by atoms with van der Waals surface area (Å²) in [4.78, 5) is 2.05. The minimum absolute atomic E-state index is 0.119. The molecule has 0 radical (unpaired) electrons. The predicted octanol–water partition coefficient (Wildman–Crippen LogP) is -0.837. The minimum Gasteiger partial charge on any atom is -0.395 e. The summed E-state index contributed by atoms with van der Waals surface area (Å²) < 4.78 is 0. The Bertz CT molecular complexity index is 240. The van der Waals surface area contributed by atoms with Crippen molar-refractivity contribution in [2.24, 2.45) is 5.92 Å². The molecule has 3 unspecified atom stereocenters. The van der Waals surface area contributed by atoms with Crippen LogP contribution in [0.5, 0.6) is 0 Å². The van der Waals surface area contributed by atoms with E-state index in [4.69, 9.17) is 10.4 Å². The van der Waals surface area contributed by atoms with E-state index >= 15 is 0 Å². The summed E-state index contributed by atoms with van der Waals surface area (Å²) in [7, 11) is 0. The van der Waals surface area contributed by atoms with E-state index in [-0.39, 0.29) is 24.7 Å². The Hall–Kier alpha value is -0.670. The summed E-state index contributed by atoms with van der Waals surface area (Å²) in [6.07, 6.45) is 0.555. The minimum atomic E-state index is -0.347. The third-order valence-electron chi connectivity index (χ3n) is 3.08. The Labute approximate surface area is 96.7 Å². The Morgan fingerprint density at radius 3 is 2.88 bits per heavy atom. The highest BCUT2D eigenvalue weighted by molar-refractivity contribution is 4.89. The number of hydrogen-bond acceptors (Lipinski definition) is 5. The van der Waals surface area contributed by atoms with Crippen molar-refractivity contribution in [1.29, 1.82) is 5.26 Å². The fraction of sp³-hybridized carbons (Fsp3) is 0.909. The van der Waals surface area contributed by atoms with E-state index in [1.807, 2.05) is 0 Å². The maximum atomic E-state index is 9.62. The fourth-order valence-electron chi connectivity index (χ4n) is 2.23. The van der Waals surface area contributed by atoms with Crippen molar-refractivity contribution in [3.63, 3.8) is 0 Å². The lowest BCUT2D eigenvalue weighted by Gasteiger charge is -2.38. The maximum Gasteiger partial charge on any atom is 0.0866 e. The van der Waals surface area contributed by atoms with E-state index in [1.165, 1.54) is 0 Å². The van der Waals surface area contributed by atoms with Gasteiger partial charge < -0.3 is 15.5 Å². The molecular formula is C11H21N3O2. The standard InChI is InChI=1S/C11H21N3O2/c1-9(16)10-6-11(13-3-5-15)8-14(7-10)4-2-12/h9-11,13,15-16H,3-8H2,1H3. The van der Waals surface area contributed by atoms with Crippen molar-refractivity contribution in [2.75, 3.05) is 32.8 Å². The first-order valence-electron chi connectivity index (χ1n) is 5.79. The predicted molar refractivity (Wildman–Crippen MR) is 60.7 cm³/mol. The molecule has 1 fully saturated rings. The second-order valence-electron chi connectivity index (χ2n) is 4.46. The van der Waals surface area contributed by atoms with E-state index in [1.54, 1.807) is 6.92 Å². The van der Waals surface area contributed by atoms with Gasteiger partial charge in [0.2, 0.25) is 0 Å². The Morgan fingerprint density at radius 2 is 2.31 bits per heavy atom. The molecule has 1 heterocycles. The zero-order valence-electron chi connectivity index (χ0n) is 9.76. The van der Waals surface area contributed by atoms with Crippen LogP contribution in [0.4, 0.5) is 0 Å². The molecule has 92 valence electrons. The van der Waals surface area contributed by atoms with Crippen LogP contribution in [0.2, 0.25) is 0 Å². The van der Waals surface area contributed by atoms with Crippen molar-refractivity contribution >= 4 is 0 Å². The highest BCUT2D eigenvalue weighted by atomic mass is 16.3. The molecule has 1 saturated heterocycles. The second-order valence-corrected chi connectivity index (χ2v) is 4.46. The van der Waals surface area contributed by atoms with Gasteiger partial charge in [-0.1, -0.05) is 0 Å². The molecule has 0 aliphatic carbocycles. The molecule has 1 aliphatic heterocycles. The topological polar surface area (TPSA) is 79.5 Å². The molecule has 1 rings (SSSR count). The molecule has 3 atom stereocenters. The Balaban J connectivity index is 2.49. The number of aliphatic hydroxyl groups excluding tert-OH is 2. The highest BCUT2D eigenvalue weighted by Gasteiger charge is 2.29. The number of nitrogens with zero attached hydrogens (tertiary/aromatic N) is 2. The summed E-state index contributed by atoms with van der Waals surface area (Å²) in [5.74, 6) is 0.207. The van der Waals surface area contributed by atoms with Crippen LogP contribution in [0.3, 0.4) is 0 Å². The molecule has 0 spiro atoms. The fourth-order valence-corrected chi connectivity index (χ4v) is 2.23. The molecule has 5 nitrogen and oxygen atoms in total. The average Bonchev–Trinajstić information content (AvgIpc) is 2.26. The van der Waals surface area contributed by atoms with Gasteiger partial charge in [-0.2, -0.15) is 5.26 Å². The summed E-state index contributed by atoms with van der Waals surface area (Å²) in [6.45, 7) is 4.48. The van der Waals surface area contributed by atoms with Gasteiger partial charge in [0.05, 0.1) is 25.3 Å². The van der Waals surface area contributed by atoms with Crippen LogP contribution in [-0.2, 0) is 0 Å². The highest BCUT2D eigenvalue weighted by Crippen LogP contribution is 2.19. The number of piperidine rings is 1. The maximum absolute atomic E-state index is 9.62. The zero-order chi connectivity index (χ0) is 12.0. The SMILES string of the molecule is CC(O)C1CC(NCCO)CN(CC#N)C1. The Morgan fingerprint density at radius 1 is 1.56 bits per heavy atom. The molecule has 0 aromatic rings. The quantitative estimate of drug-likeness (QED) is 0.534. The van der Waals surface area contributed by atoms with Gasteiger partial charge in [0, 0.05) is 25.7 Å². The van der Waals surface area contributed by atoms with Crippen LogP contribution in [0.25, 0.3) is 0 Å². The number of hydrogen-bond donors (Lipinski definition) is 3. The second kappa shape index (κ2) is 6.81. The van der Waals surface area contributed by atoms with Crippen molar-refractivity contribution in [3.8, 4) is 6.07 Å². The third-order valence-corrected chi connectivity index (χ3v) is 3.08. The van der Waals surface area contributed by atoms with E-state index in [2.05, 4.69) is 16.3 Å². The molecule has 0 bridgehead atoms. The summed E-state index contributed by atoms with van der Waals surface area (Å²) in [6, 6.07) is 2.40. The van der Waals surface area contributed by atoms with Crippen molar-refractivity contribution < 1.29 is 10.2 Å². The van der Waals surface area contributed by atoms with Crippen molar-refractivity contribution in [1.82, 2.24) is 10.2 Å². The molecule has 0 aromatic carbocycles. The van der Waals surface area contributed by atoms with Gasteiger partial charge in [-0.15, -0.1) is 0 Å². The number of rotatable bonds is 5. The zero-order valence-corrected chi connectivity index (χ0v) is 9.76. The number of aliphatic hydroxyl groups is 2. The van der Waals surface area contributed by atoms with E-state index in [0.717, 1.165) is 19.5 Å². The summed E-state index contributed by atoms with van der Waals surface area (Å²) in [5.41, 5.74) is 0. The molecule has 16 heavy (non-hydrogen) atoms. The molecule has 0 aromatic heterocycles. The monoisotopic (exact) mass is 227 g/mol. The molecule has 0 saturated carbocycles. The van der Waals surface area contributed by atoms with Gasteiger partial charge in [-0.25, -0.2) is 0 Å². The number of nitriles is 1. The summed E-state index contributed by atoms with van der Waals surface area (Å²) >= 11 is 0. The van der Waals surface area contributed by atoms with E-state index in [9.17, 15) is 5.11 Å². The lowest BCUT2D eigenvalue weighted by Crippen LogP contribution is -2.51. The number of likely N-dealkylation sites (tertiary alicyclic amines) is 1.